The van der Waals surface area contributed by atoms with Crippen LogP contribution in [0.4, 0.5) is 0 Å². The van der Waals surface area contributed by atoms with E-state index < -0.39 is 0 Å². The van der Waals surface area contributed by atoms with Gasteiger partial charge in [-0.2, -0.15) is 0 Å². The van der Waals surface area contributed by atoms with Gasteiger partial charge in [-0.15, -0.1) is 10.2 Å². The molecule has 32 heavy (non-hydrogen) atoms. The van der Waals surface area contributed by atoms with Crippen LogP contribution in [0.5, 0.6) is 11.5 Å². The molecule has 1 fully saturated rings. The standard InChI is InChI=1S/C23H24N4O4S/c1-15(22(28)24-13-18-8-5-11-29-18)32-23-26-25-21(27(23)17-6-3-2-4-7-17)16-9-10-19-20(12-16)31-14-30-19/h2-4,6-7,9-10,12,15,18H,5,8,11,13-14H2,1H3,(H,24,28)/t15-,18+/m0/s1. The van der Waals surface area contributed by atoms with Crippen molar-refractivity contribution in [3.63, 3.8) is 0 Å². The maximum absolute atomic E-state index is 12.7. The maximum atomic E-state index is 12.7. The maximum Gasteiger partial charge on any atom is 0.233 e. The zero-order valence-electron chi connectivity index (χ0n) is 17.7. The van der Waals surface area contributed by atoms with E-state index in [1.807, 2.05) is 60.0 Å². The summed E-state index contributed by atoms with van der Waals surface area (Å²) >= 11 is 1.38. The first-order valence-electron chi connectivity index (χ1n) is 10.7. The average molecular weight is 453 g/mol. The lowest BCUT2D eigenvalue weighted by atomic mass is 10.2. The quantitative estimate of drug-likeness (QED) is 0.550. The SMILES string of the molecule is C[C@H](Sc1nnc(-c2ccc3c(c2)OCO3)n1-c1ccccc1)C(=O)NC[C@H]1CCCO1. The molecule has 5 rings (SSSR count). The van der Waals surface area contributed by atoms with Gasteiger partial charge in [0, 0.05) is 24.4 Å². The number of thioether (sulfide) groups is 1. The van der Waals surface area contributed by atoms with Crippen molar-refractivity contribution in [1.29, 1.82) is 0 Å². The van der Waals surface area contributed by atoms with E-state index in [0.717, 1.165) is 30.7 Å². The van der Waals surface area contributed by atoms with Gasteiger partial charge in [-0.05, 0) is 50.1 Å². The van der Waals surface area contributed by atoms with Crippen LogP contribution >= 0.6 is 11.8 Å². The Morgan fingerprint density at radius 3 is 2.84 bits per heavy atom. The average Bonchev–Trinajstić information content (AvgIpc) is 3.58. The Bertz CT molecular complexity index is 1100. The van der Waals surface area contributed by atoms with Gasteiger partial charge in [-0.25, -0.2) is 0 Å². The van der Waals surface area contributed by atoms with Crippen LogP contribution in [0.1, 0.15) is 19.8 Å². The van der Waals surface area contributed by atoms with Gasteiger partial charge in [0.05, 0.1) is 11.4 Å². The van der Waals surface area contributed by atoms with Crippen LogP contribution in [-0.4, -0.2) is 52.0 Å². The van der Waals surface area contributed by atoms with Crippen LogP contribution in [0, 0.1) is 0 Å². The van der Waals surface area contributed by atoms with Crippen molar-refractivity contribution >= 4 is 17.7 Å². The largest absolute Gasteiger partial charge is 0.454 e. The summed E-state index contributed by atoms with van der Waals surface area (Å²) in [5.41, 5.74) is 1.77. The number of nitrogens with one attached hydrogen (secondary N) is 1. The minimum Gasteiger partial charge on any atom is -0.454 e. The number of nitrogens with zero attached hydrogens (tertiary/aromatic N) is 3. The number of benzene rings is 2. The van der Waals surface area contributed by atoms with Crippen LogP contribution in [0.2, 0.25) is 0 Å². The lowest BCUT2D eigenvalue weighted by Gasteiger charge is -2.15. The molecule has 2 atom stereocenters. The lowest BCUT2D eigenvalue weighted by molar-refractivity contribution is -0.120. The number of para-hydroxylation sites is 1. The molecule has 0 unspecified atom stereocenters. The second-order valence-electron chi connectivity index (χ2n) is 7.69. The summed E-state index contributed by atoms with van der Waals surface area (Å²) < 4.78 is 18.5. The number of carbonyl (C=O) groups is 1. The third-order valence-electron chi connectivity index (χ3n) is 5.46. The minimum atomic E-state index is -0.340. The van der Waals surface area contributed by atoms with Crippen molar-refractivity contribution in [1.82, 2.24) is 20.1 Å². The molecule has 3 aromatic rings. The van der Waals surface area contributed by atoms with E-state index >= 15 is 0 Å². The predicted molar refractivity (Wildman–Crippen MR) is 120 cm³/mol. The summed E-state index contributed by atoms with van der Waals surface area (Å²) in [6.07, 6.45) is 2.15. The van der Waals surface area contributed by atoms with Gasteiger partial charge in [0.2, 0.25) is 12.7 Å². The molecule has 2 aliphatic rings. The van der Waals surface area contributed by atoms with Crippen molar-refractivity contribution in [2.75, 3.05) is 19.9 Å². The predicted octanol–water partition coefficient (Wildman–Crippen LogP) is 3.44. The van der Waals surface area contributed by atoms with E-state index in [1.54, 1.807) is 0 Å². The summed E-state index contributed by atoms with van der Waals surface area (Å²) in [4.78, 5) is 12.7. The Balaban J connectivity index is 1.40. The van der Waals surface area contributed by atoms with Crippen molar-refractivity contribution in [3.05, 3.63) is 48.5 Å². The Hall–Kier alpha value is -3.04. The molecular weight excluding hydrogens is 428 g/mol. The summed E-state index contributed by atoms with van der Waals surface area (Å²) in [5.74, 6) is 2.02. The Labute approximate surface area is 190 Å². The third kappa shape index (κ3) is 4.31. The van der Waals surface area contributed by atoms with E-state index in [9.17, 15) is 4.79 Å². The summed E-state index contributed by atoms with van der Waals surface area (Å²) in [6, 6.07) is 15.6. The van der Waals surface area contributed by atoms with Gasteiger partial charge in [-0.3, -0.25) is 9.36 Å². The number of rotatable bonds is 7. The smallest absolute Gasteiger partial charge is 0.233 e. The first-order chi connectivity index (χ1) is 15.7. The molecule has 0 radical (unpaired) electrons. The van der Waals surface area contributed by atoms with E-state index in [-0.39, 0.29) is 24.1 Å². The lowest BCUT2D eigenvalue weighted by Crippen LogP contribution is -2.36. The monoisotopic (exact) mass is 452 g/mol. The molecule has 2 aliphatic heterocycles. The van der Waals surface area contributed by atoms with Crippen molar-refractivity contribution < 1.29 is 19.0 Å². The van der Waals surface area contributed by atoms with Crippen LogP contribution < -0.4 is 14.8 Å². The molecule has 1 saturated heterocycles. The zero-order chi connectivity index (χ0) is 21.9. The molecule has 9 heteroatoms. The third-order valence-corrected chi connectivity index (χ3v) is 6.50. The number of ether oxygens (including phenoxy) is 3. The highest BCUT2D eigenvalue weighted by atomic mass is 32.2. The van der Waals surface area contributed by atoms with Crippen LogP contribution in [0.3, 0.4) is 0 Å². The molecule has 3 heterocycles. The molecular formula is C23H24N4O4S. The Morgan fingerprint density at radius 2 is 2.03 bits per heavy atom. The normalized spacial score (nSPS) is 18.0. The fourth-order valence-corrected chi connectivity index (χ4v) is 4.65. The summed E-state index contributed by atoms with van der Waals surface area (Å²) in [5, 5.41) is 12.2. The van der Waals surface area contributed by atoms with Gasteiger partial charge in [0.25, 0.3) is 0 Å². The molecule has 0 spiro atoms. The van der Waals surface area contributed by atoms with Crippen LogP contribution in [0.15, 0.2) is 53.7 Å². The van der Waals surface area contributed by atoms with Gasteiger partial charge < -0.3 is 19.5 Å². The van der Waals surface area contributed by atoms with Crippen molar-refractivity contribution in [2.45, 2.75) is 36.3 Å². The Kier molecular flexibility index (Phi) is 6.00. The van der Waals surface area contributed by atoms with Gasteiger partial charge >= 0.3 is 0 Å². The number of carbonyl (C=O) groups excluding carboxylic acids is 1. The van der Waals surface area contributed by atoms with Gasteiger partial charge in [-0.1, -0.05) is 30.0 Å². The molecule has 166 valence electrons. The minimum absolute atomic E-state index is 0.0438. The molecule has 1 aromatic heterocycles. The number of amides is 1. The first-order valence-corrected chi connectivity index (χ1v) is 11.5. The van der Waals surface area contributed by atoms with Crippen molar-refractivity contribution in [3.8, 4) is 28.6 Å². The number of hydrogen-bond acceptors (Lipinski definition) is 7. The molecule has 8 nitrogen and oxygen atoms in total. The molecule has 2 aromatic carbocycles. The molecule has 0 bridgehead atoms. The van der Waals surface area contributed by atoms with Crippen LogP contribution in [-0.2, 0) is 9.53 Å². The highest BCUT2D eigenvalue weighted by Gasteiger charge is 2.24. The number of fused-ring (bicyclic) bond motifs is 1. The first kappa shape index (κ1) is 20.8. The highest BCUT2D eigenvalue weighted by Crippen LogP contribution is 2.37. The molecule has 0 saturated carbocycles. The number of aromatic nitrogens is 3. The van der Waals surface area contributed by atoms with Gasteiger partial charge in [0.15, 0.2) is 22.5 Å². The van der Waals surface area contributed by atoms with E-state index in [2.05, 4.69) is 15.5 Å². The number of hydrogen-bond donors (Lipinski definition) is 1. The fraction of sp³-hybridized carbons (Fsp3) is 0.348. The topological polar surface area (TPSA) is 87.5 Å². The highest BCUT2D eigenvalue weighted by molar-refractivity contribution is 8.00. The second-order valence-corrected chi connectivity index (χ2v) is 8.99. The molecule has 1 amide bonds. The van der Waals surface area contributed by atoms with Crippen molar-refractivity contribution in [2.24, 2.45) is 0 Å². The van der Waals surface area contributed by atoms with Gasteiger partial charge in [0.1, 0.15) is 0 Å². The molecule has 1 N–H and O–H groups in total. The van der Waals surface area contributed by atoms with Crippen LogP contribution in [0.25, 0.3) is 17.1 Å². The summed E-state index contributed by atoms with van der Waals surface area (Å²) in [6.45, 7) is 3.40. The molecule has 0 aliphatic carbocycles. The van der Waals surface area contributed by atoms with E-state index in [0.29, 0.717) is 29.0 Å². The fourth-order valence-electron chi connectivity index (χ4n) is 3.75. The Morgan fingerprint density at radius 1 is 1.19 bits per heavy atom. The second kappa shape index (κ2) is 9.22. The van der Waals surface area contributed by atoms with E-state index in [1.165, 1.54) is 11.8 Å². The summed E-state index contributed by atoms with van der Waals surface area (Å²) in [7, 11) is 0. The van der Waals surface area contributed by atoms with E-state index in [4.69, 9.17) is 14.2 Å². The zero-order valence-corrected chi connectivity index (χ0v) is 18.5.